The van der Waals surface area contributed by atoms with Gasteiger partial charge in [0.25, 0.3) is 0 Å². The normalized spacial score (nSPS) is 30.2. The fourth-order valence-corrected chi connectivity index (χ4v) is 1.95. The van der Waals surface area contributed by atoms with E-state index in [0.29, 0.717) is 13.1 Å². The summed E-state index contributed by atoms with van der Waals surface area (Å²) < 4.78 is 19.4. The highest BCUT2D eigenvalue weighted by Crippen LogP contribution is 2.31. The van der Waals surface area contributed by atoms with Crippen LogP contribution < -0.4 is 5.73 Å². The molecule has 1 saturated heterocycles. The lowest BCUT2D eigenvalue weighted by Gasteiger charge is -2.41. The summed E-state index contributed by atoms with van der Waals surface area (Å²) >= 11 is 0. The Morgan fingerprint density at radius 1 is 1.59 bits per heavy atom. The Kier molecular flexibility index (Phi) is 4.02. The van der Waals surface area contributed by atoms with E-state index < -0.39 is 11.3 Å². The number of halogens is 1. The third-order valence-corrected chi connectivity index (χ3v) is 3.17. The first-order valence-corrected chi connectivity index (χ1v) is 6.05. The molecule has 1 fully saturated rings. The molecule has 17 heavy (non-hydrogen) atoms. The van der Waals surface area contributed by atoms with Crippen molar-refractivity contribution in [3.63, 3.8) is 0 Å². The topological polar surface area (TPSA) is 55.6 Å². The summed E-state index contributed by atoms with van der Waals surface area (Å²) in [5.41, 5.74) is 3.58. The summed E-state index contributed by atoms with van der Waals surface area (Å²) in [7, 11) is 0. The van der Waals surface area contributed by atoms with Gasteiger partial charge in [-0.2, -0.15) is 0 Å². The maximum atomic E-state index is 14.2. The number of carbonyl (C=O) groups excluding carboxylic acids is 1. The van der Waals surface area contributed by atoms with Crippen molar-refractivity contribution in [1.29, 1.82) is 0 Å². The molecule has 4 nitrogen and oxygen atoms in total. The van der Waals surface area contributed by atoms with Crippen LogP contribution in [-0.4, -0.2) is 41.9 Å². The summed E-state index contributed by atoms with van der Waals surface area (Å²) in [6.45, 7) is 7.97. The number of piperidine rings is 1. The Balaban J connectivity index is 2.58. The Hall–Kier alpha value is -0.840. The molecule has 1 amide bonds. The minimum Gasteiger partial charge on any atom is -0.444 e. The predicted octanol–water partition coefficient (Wildman–Crippen LogP) is 1.93. The Labute approximate surface area is 102 Å². The molecule has 1 rings (SSSR count). The average Bonchev–Trinajstić information content (AvgIpc) is 2.19. The minimum atomic E-state index is -1.35. The third-order valence-electron chi connectivity index (χ3n) is 3.17. The van der Waals surface area contributed by atoms with Crippen LogP contribution in [0.5, 0.6) is 0 Å². The molecular formula is C12H23FN2O2. The second kappa shape index (κ2) is 4.80. The number of ether oxygens (including phenoxy) is 1. The first-order valence-electron chi connectivity index (χ1n) is 6.05. The Morgan fingerprint density at radius 3 is 2.59 bits per heavy atom. The average molecular weight is 246 g/mol. The monoisotopic (exact) mass is 246 g/mol. The maximum absolute atomic E-state index is 14.2. The smallest absolute Gasteiger partial charge is 0.410 e. The van der Waals surface area contributed by atoms with Gasteiger partial charge in [0.2, 0.25) is 0 Å². The van der Waals surface area contributed by atoms with E-state index in [4.69, 9.17) is 10.5 Å². The maximum Gasteiger partial charge on any atom is 0.410 e. The number of carbonyl (C=O) groups is 1. The Morgan fingerprint density at radius 2 is 2.18 bits per heavy atom. The van der Waals surface area contributed by atoms with Gasteiger partial charge < -0.3 is 15.4 Å². The molecule has 0 aromatic heterocycles. The van der Waals surface area contributed by atoms with E-state index in [2.05, 4.69) is 0 Å². The molecule has 5 heteroatoms. The number of amides is 1. The molecule has 1 aliphatic rings. The molecule has 0 aromatic rings. The highest BCUT2D eigenvalue weighted by atomic mass is 19.1. The number of likely N-dealkylation sites (tertiary alicyclic amines) is 1. The quantitative estimate of drug-likeness (QED) is 0.769. The van der Waals surface area contributed by atoms with Crippen molar-refractivity contribution >= 4 is 6.09 Å². The van der Waals surface area contributed by atoms with Gasteiger partial charge in [0.1, 0.15) is 11.3 Å². The summed E-state index contributed by atoms with van der Waals surface area (Å²) in [6.07, 6.45) is -0.0902. The lowest BCUT2D eigenvalue weighted by atomic mass is 9.84. The van der Waals surface area contributed by atoms with Crippen molar-refractivity contribution in [2.24, 2.45) is 11.7 Å². The van der Waals surface area contributed by atoms with Crippen LogP contribution in [0.3, 0.4) is 0 Å². The van der Waals surface area contributed by atoms with Crippen LogP contribution in [0, 0.1) is 5.92 Å². The summed E-state index contributed by atoms with van der Waals surface area (Å²) in [5, 5.41) is 0. The van der Waals surface area contributed by atoms with Crippen molar-refractivity contribution in [2.75, 3.05) is 19.6 Å². The molecule has 0 spiro atoms. The molecule has 1 heterocycles. The summed E-state index contributed by atoms with van der Waals surface area (Å²) in [6, 6.07) is 0. The Bertz CT molecular complexity index is 291. The molecule has 0 radical (unpaired) electrons. The zero-order valence-corrected chi connectivity index (χ0v) is 11.1. The van der Waals surface area contributed by atoms with Crippen LogP contribution >= 0.6 is 0 Å². The molecule has 0 aromatic carbocycles. The molecule has 100 valence electrons. The third kappa shape index (κ3) is 3.56. The van der Waals surface area contributed by atoms with Crippen molar-refractivity contribution in [3.05, 3.63) is 0 Å². The first-order chi connectivity index (χ1) is 7.68. The van der Waals surface area contributed by atoms with Crippen molar-refractivity contribution in [3.8, 4) is 0 Å². The fraction of sp³-hybridized carbons (Fsp3) is 0.917. The molecular weight excluding hydrogens is 223 g/mol. The van der Waals surface area contributed by atoms with Crippen LogP contribution in [-0.2, 0) is 4.74 Å². The van der Waals surface area contributed by atoms with E-state index in [1.807, 2.05) is 20.8 Å². The van der Waals surface area contributed by atoms with E-state index in [-0.39, 0.29) is 25.0 Å². The van der Waals surface area contributed by atoms with Crippen LogP contribution in [0.2, 0.25) is 0 Å². The van der Waals surface area contributed by atoms with Crippen molar-refractivity contribution in [2.45, 2.75) is 45.4 Å². The largest absolute Gasteiger partial charge is 0.444 e. The van der Waals surface area contributed by atoms with Gasteiger partial charge in [-0.15, -0.1) is 0 Å². The predicted molar refractivity (Wildman–Crippen MR) is 64.5 cm³/mol. The van der Waals surface area contributed by atoms with Crippen LogP contribution in [0.1, 0.15) is 34.1 Å². The van der Waals surface area contributed by atoms with Crippen LogP contribution in [0.4, 0.5) is 9.18 Å². The SMILES string of the molecule is CC1CN(C(=O)OC(C)(C)C)CCC1(F)CN. The van der Waals surface area contributed by atoms with E-state index in [0.717, 1.165) is 0 Å². The van der Waals surface area contributed by atoms with Crippen molar-refractivity contribution < 1.29 is 13.9 Å². The highest BCUT2D eigenvalue weighted by Gasteiger charge is 2.41. The molecule has 0 saturated carbocycles. The van der Waals surface area contributed by atoms with Crippen LogP contribution in [0.15, 0.2) is 0 Å². The highest BCUT2D eigenvalue weighted by molar-refractivity contribution is 5.68. The van der Waals surface area contributed by atoms with Crippen LogP contribution in [0.25, 0.3) is 0 Å². The molecule has 0 bridgehead atoms. The van der Waals surface area contributed by atoms with Gasteiger partial charge in [-0.1, -0.05) is 6.92 Å². The van der Waals surface area contributed by atoms with Gasteiger partial charge in [-0.3, -0.25) is 0 Å². The van der Waals surface area contributed by atoms with E-state index in [9.17, 15) is 9.18 Å². The summed E-state index contributed by atoms with van der Waals surface area (Å²) in [5.74, 6) is -0.256. The summed E-state index contributed by atoms with van der Waals surface area (Å²) in [4.78, 5) is 13.4. The van der Waals surface area contributed by atoms with Gasteiger partial charge in [-0.25, -0.2) is 9.18 Å². The molecule has 1 aliphatic heterocycles. The lowest BCUT2D eigenvalue weighted by Crippen LogP contribution is -2.54. The lowest BCUT2D eigenvalue weighted by molar-refractivity contribution is -0.0157. The second-order valence-electron chi connectivity index (χ2n) is 5.82. The van der Waals surface area contributed by atoms with Gasteiger partial charge in [0, 0.05) is 32.0 Å². The van der Waals surface area contributed by atoms with Crippen molar-refractivity contribution in [1.82, 2.24) is 4.90 Å². The number of rotatable bonds is 1. The van der Waals surface area contributed by atoms with Gasteiger partial charge in [0.05, 0.1) is 0 Å². The van der Waals surface area contributed by atoms with Gasteiger partial charge in [0.15, 0.2) is 0 Å². The molecule has 2 atom stereocenters. The molecule has 0 aliphatic carbocycles. The zero-order chi connectivity index (χ0) is 13.3. The number of nitrogens with zero attached hydrogens (tertiary/aromatic N) is 1. The number of nitrogens with two attached hydrogens (primary N) is 1. The zero-order valence-electron chi connectivity index (χ0n) is 11.1. The number of hydrogen-bond acceptors (Lipinski definition) is 3. The number of hydrogen-bond donors (Lipinski definition) is 1. The number of alkyl halides is 1. The standard InChI is InChI=1S/C12H23FN2O2/c1-9-7-15(6-5-12(9,13)8-14)10(16)17-11(2,3)4/h9H,5-8,14H2,1-4H3. The molecule has 2 N–H and O–H groups in total. The fourth-order valence-electron chi connectivity index (χ4n) is 1.95. The van der Waals surface area contributed by atoms with E-state index in [1.54, 1.807) is 11.8 Å². The van der Waals surface area contributed by atoms with Gasteiger partial charge >= 0.3 is 6.09 Å². The molecule has 2 unspecified atom stereocenters. The minimum absolute atomic E-state index is 0.0102. The van der Waals surface area contributed by atoms with Gasteiger partial charge in [-0.05, 0) is 20.8 Å². The first kappa shape index (κ1) is 14.2. The van der Waals surface area contributed by atoms with E-state index >= 15 is 0 Å². The second-order valence-corrected chi connectivity index (χ2v) is 5.82. The van der Waals surface area contributed by atoms with E-state index in [1.165, 1.54) is 0 Å².